The molecule has 0 radical (unpaired) electrons. The van der Waals surface area contributed by atoms with Gasteiger partial charge in [-0.1, -0.05) is 36.1 Å². The summed E-state index contributed by atoms with van der Waals surface area (Å²) in [6, 6.07) is 4.52. The van der Waals surface area contributed by atoms with Crippen molar-refractivity contribution in [1.29, 1.82) is 0 Å². The van der Waals surface area contributed by atoms with Crippen molar-refractivity contribution < 1.29 is 28.6 Å². The van der Waals surface area contributed by atoms with Gasteiger partial charge in [-0.05, 0) is 24.6 Å². The first kappa shape index (κ1) is 20.9. The number of halogens is 1. The molecule has 0 aliphatic carbocycles. The molecule has 1 aromatic carbocycles. The molecule has 1 saturated heterocycles. The zero-order valence-corrected chi connectivity index (χ0v) is 16.8. The fourth-order valence-electron chi connectivity index (χ4n) is 2.75. The van der Waals surface area contributed by atoms with Gasteiger partial charge in [-0.3, -0.25) is 19.5 Å². The summed E-state index contributed by atoms with van der Waals surface area (Å²) < 4.78 is 18.1. The second kappa shape index (κ2) is 8.70. The largest absolute Gasteiger partial charge is 0.480 e. The zero-order valence-electron chi connectivity index (χ0n) is 15.2. The minimum atomic E-state index is -1.12. The highest BCUT2D eigenvalue weighted by molar-refractivity contribution is 8.26. The third-order valence-electron chi connectivity index (χ3n) is 4.12. The average molecular weight is 437 g/mol. The highest BCUT2D eigenvalue weighted by Gasteiger charge is 2.37. The summed E-state index contributed by atoms with van der Waals surface area (Å²) in [6.45, 7) is 1.51. The molecule has 3 rings (SSSR count). The summed E-state index contributed by atoms with van der Waals surface area (Å²) in [4.78, 5) is 37.1. The summed E-state index contributed by atoms with van der Waals surface area (Å²) in [7, 11) is 0. The van der Waals surface area contributed by atoms with Crippen LogP contribution >= 0.6 is 24.0 Å². The number of nitrogens with zero attached hydrogens (tertiary/aromatic N) is 3. The highest BCUT2D eigenvalue weighted by Crippen LogP contribution is 2.33. The van der Waals surface area contributed by atoms with E-state index in [1.54, 1.807) is 6.92 Å². The highest BCUT2D eigenvalue weighted by atomic mass is 32.2. The standard InChI is InChI=1S/C18H16FN3O5S2/c1-2-27-15(23)9-21-16(24)14(29-18(21)28)8-22-13(17(25)26)7-12(20-22)10-3-5-11(19)6-4-10/h3-6,8,13H,2,7,9H2,1H3,(H,25,26)/b14-8-/t13-/m1/s1. The summed E-state index contributed by atoms with van der Waals surface area (Å²) >= 11 is 6.09. The lowest BCUT2D eigenvalue weighted by Gasteiger charge is -2.16. The van der Waals surface area contributed by atoms with Gasteiger partial charge in [0.15, 0.2) is 6.04 Å². The van der Waals surface area contributed by atoms with E-state index in [4.69, 9.17) is 17.0 Å². The lowest BCUT2D eigenvalue weighted by atomic mass is 10.0. The number of carbonyl (C=O) groups excluding carboxylic acids is 2. The van der Waals surface area contributed by atoms with Crippen LogP contribution in [0.3, 0.4) is 0 Å². The van der Waals surface area contributed by atoms with Crippen LogP contribution in [0.2, 0.25) is 0 Å². The number of amides is 1. The molecule has 1 aromatic rings. The Bertz CT molecular complexity index is 932. The molecule has 1 fully saturated rings. The van der Waals surface area contributed by atoms with E-state index in [9.17, 15) is 23.9 Å². The number of carboxylic acids is 1. The van der Waals surface area contributed by atoms with Crippen molar-refractivity contribution in [2.75, 3.05) is 13.2 Å². The predicted octanol–water partition coefficient (Wildman–Crippen LogP) is 1.95. The molecule has 1 N–H and O–H groups in total. The number of benzene rings is 1. The molecule has 0 saturated carbocycles. The van der Waals surface area contributed by atoms with Gasteiger partial charge >= 0.3 is 11.9 Å². The first-order valence-electron chi connectivity index (χ1n) is 8.55. The number of hydrogen-bond donors (Lipinski definition) is 1. The maximum absolute atomic E-state index is 13.1. The van der Waals surface area contributed by atoms with E-state index in [1.807, 2.05) is 0 Å². The molecule has 0 spiro atoms. The fourth-order valence-corrected chi connectivity index (χ4v) is 3.97. The minimum absolute atomic E-state index is 0.0839. The molecular formula is C18H16FN3O5S2. The minimum Gasteiger partial charge on any atom is -0.480 e. The molecule has 1 atom stereocenters. The fraction of sp³-hybridized carbons (Fsp3) is 0.278. The summed E-state index contributed by atoms with van der Waals surface area (Å²) in [5.41, 5.74) is 1.04. The molecule has 8 nitrogen and oxygen atoms in total. The normalized spacial score (nSPS) is 20.4. The molecule has 0 unspecified atom stereocenters. The van der Waals surface area contributed by atoms with E-state index in [1.165, 1.54) is 35.5 Å². The number of rotatable bonds is 6. The number of hydrogen-bond acceptors (Lipinski definition) is 8. The third-order valence-corrected chi connectivity index (χ3v) is 5.49. The number of carboxylic acid groups (broad SMARTS) is 1. The van der Waals surface area contributed by atoms with Crippen LogP contribution in [0.1, 0.15) is 18.9 Å². The van der Waals surface area contributed by atoms with Crippen LogP contribution < -0.4 is 0 Å². The van der Waals surface area contributed by atoms with E-state index in [2.05, 4.69) is 5.10 Å². The van der Waals surface area contributed by atoms with Gasteiger partial charge in [0.25, 0.3) is 5.91 Å². The molecule has 0 aromatic heterocycles. The summed E-state index contributed by atoms with van der Waals surface area (Å²) in [5, 5.41) is 15.0. The van der Waals surface area contributed by atoms with Crippen molar-refractivity contribution in [3.63, 3.8) is 0 Å². The lowest BCUT2D eigenvalue weighted by Crippen LogP contribution is -2.35. The Hall–Kier alpha value is -2.79. The van der Waals surface area contributed by atoms with Gasteiger partial charge in [0.2, 0.25) is 0 Å². The quantitative estimate of drug-likeness (QED) is 0.410. The Labute approximate surface area is 175 Å². The van der Waals surface area contributed by atoms with Crippen LogP contribution in [-0.2, 0) is 19.1 Å². The Morgan fingerprint density at radius 2 is 2.10 bits per heavy atom. The van der Waals surface area contributed by atoms with E-state index in [-0.39, 0.29) is 28.8 Å². The number of esters is 1. The van der Waals surface area contributed by atoms with Crippen molar-refractivity contribution in [2.45, 2.75) is 19.4 Å². The molecule has 11 heteroatoms. The number of thioether (sulfide) groups is 1. The lowest BCUT2D eigenvalue weighted by molar-refractivity contribution is -0.145. The van der Waals surface area contributed by atoms with Gasteiger partial charge in [0.05, 0.1) is 17.2 Å². The Balaban J connectivity index is 1.83. The monoisotopic (exact) mass is 437 g/mol. The average Bonchev–Trinajstić information content (AvgIpc) is 3.20. The number of thiocarbonyl (C=S) groups is 1. The number of aliphatic carboxylic acids is 1. The van der Waals surface area contributed by atoms with E-state index in [0.717, 1.165) is 16.7 Å². The van der Waals surface area contributed by atoms with E-state index >= 15 is 0 Å². The number of ether oxygens (including phenoxy) is 1. The Morgan fingerprint density at radius 3 is 2.72 bits per heavy atom. The molecule has 2 aliphatic rings. The molecule has 2 aliphatic heterocycles. The van der Waals surface area contributed by atoms with Gasteiger partial charge in [-0.25, -0.2) is 9.18 Å². The maximum atomic E-state index is 13.1. The van der Waals surface area contributed by atoms with Crippen LogP contribution in [0.25, 0.3) is 0 Å². The van der Waals surface area contributed by atoms with Crippen molar-refractivity contribution in [3.8, 4) is 0 Å². The molecule has 2 heterocycles. The zero-order chi connectivity index (χ0) is 21.1. The predicted molar refractivity (Wildman–Crippen MR) is 107 cm³/mol. The summed E-state index contributed by atoms with van der Waals surface area (Å²) in [5.74, 6) is -2.65. The van der Waals surface area contributed by atoms with Crippen LogP contribution in [-0.4, -0.2) is 62.1 Å². The molecular weight excluding hydrogens is 421 g/mol. The van der Waals surface area contributed by atoms with Crippen molar-refractivity contribution in [2.24, 2.45) is 5.10 Å². The van der Waals surface area contributed by atoms with Gasteiger partial charge < -0.3 is 9.84 Å². The summed E-state index contributed by atoms with van der Waals surface area (Å²) in [6.07, 6.45) is 1.39. The van der Waals surface area contributed by atoms with Crippen molar-refractivity contribution >= 4 is 51.9 Å². The molecule has 152 valence electrons. The second-order valence-electron chi connectivity index (χ2n) is 6.05. The van der Waals surface area contributed by atoms with Gasteiger partial charge in [-0.15, -0.1) is 0 Å². The van der Waals surface area contributed by atoms with Crippen LogP contribution in [0.4, 0.5) is 4.39 Å². The maximum Gasteiger partial charge on any atom is 0.328 e. The number of hydrazone groups is 1. The SMILES string of the molecule is CCOC(=O)CN1C(=O)/C(=C/N2N=C(c3ccc(F)cc3)C[C@@H]2C(=O)O)SC1=S. The first-order valence-corrected chi connectivity index (χ1v) is 9.78. The molecule has 0 bridgehead atoms. The van der Waals surface area contributed by atoms with Gasteiger partial charge in [-0.2, -0.15) is 5.10 Å². The molecule has 1 amide bonds. The smallest absolute Gasteiger partial charge is 0.328 e. The van der Waals surface area contributed by atoms with Crippen LogP contribution in [0, 0.1) is 5.82 Å². The van der Waals surface area contributed by atoms with Gasteiger partial charge in [0.1, 0.15) is 16.7 Å². The van der Waals surface area contributed by atoms with Crippen molar-refractivity contribution in [1.82, 2.24) is 9.91 Å². The Morgan fingerprint density at radius 1 is 1.41 bits per heavy atom. The van der Waals surface area contributed by atoms with Crippen LogP contribution in [0.15, 0.2) is 40.5 Å². The van der Waals surface area contributed by atoms with Crippen LogP contribution in [0.5, 0.6) is 0 Å². The van der Waals surface area contributed by atoms with Gasteiger partial charge in [0, 0.05) is 12.6 Å². The Kier molecular flexibility index (Phi) is 6.28. The number of carbonyl (C=O) groups is 3. The second-order valence-corrected chi connectivity index (χ2v) is 7.73. The topological polar surface area (TPSA) is 99.5 Å². The third kappa shape index (κ3) is 4.62. The van der Waals surface area contributed by atoms with Crippen molar-refractivity contribution in [3.05, 3.63) is 46.8 Å². The first-order chi connectivity index (χ1) is 13.8. The van der Waals surface area contributed by atoms with E-state index < -0.39 is 29.7 Å². The molecule has 29 heavy (non-hydrogen) atoms. The van der Waals surface area contributed by atoms with E-state index in [0.29, 0.717) is 11.3 Å².